The van der Waals surface area contributed by atoms with Gasteiger partial charge in [-0.1, -0.05) is 6.42 Å². The summed E-state index contributed by atoms with van der Waals surface area (Å²) in [6, 6.07) is 2.48. The van der Waals surface area contributed by atoms with E-state index < -0.39 is 0 Å². The Bertz CT molecular complexity index is 296. The lowest BCUT2D eigenvalue weighted by Crippen LogP contribution is -2.23. The van der Waals surface area contributed by atoms with E-state index in [-0.39, 0.29) is 0 Å². The molecule has 1 aromatic rings. The second kappa shape index (κ2) is 3.46. The van der Waals surface area contributed by atoms with Crippen LogP contribution < -0.4 is 5.73 Å². The summed E-state index contributed by atoms with van der Waals surface area (Å²) in [6.07, 6.45) is 7.49. The van der Waals surface area contributed by atoms with Crippen LogP contribution in [0.25, 0.3) is 0 Å². The van der Waals surface area contributed by atoms with E-state index in [0.717, 1.165) is 0 Å². The third-order valence-corrected chi connectivity index (χ3v) is 3.03. The molecule has 2 heteroatoms. The quantitative estimate of drug-likeness (QED) is 0.710. The molecule has 13 heavy (non-hydrogen) atoms. The van der Waals surface area contributed by atoms with Gasteiger partial charge in [0.25, 0.3) is 0 Å². The molecule has 1 heterocycles. The molecule has 0 radical (unpaired) electrons. The minimum atomic E-state index is 0.362. The van der Waals surface area contributed by atoms with Crippen molar-refractivity contribution in [3.05, 3.63) is 29.6 Å². The van der Waals surface area contributed by atoms with E-state index in [2.05, 4.69) is 18.0 Å². The summed E-state index contributed by atoms with van der Waals surface area (Å²) in [4.78, 5) is 4.10. The van der Waals surface area contributed by atoms with E-state index in [1.807, 2.05) is 12.4 Å². The van der Waals surface area contributed by atoms with Crippen LogP contribution in [0.2, 0.25) is 0 Å². The Labute approximate surface area is 79.2 Å². The number of hydrogen-bond acceptors (Lipinski definition) is 2. The zero-order valence-electron chi connectivity index (χ0n) is 8.03. The van der Waals surface area contributed by atoms with Crippen molar-refractivity contribution in [3.8, 4) is 0 Å². The van der Waals surface area contributed by atoms with Gasteiger partial charge in [-0.25, -0.2) is 0 Å². The maximum absolute atomic E-state index is 6.06. The third-order valence-electron chi connectivity index (χ3n) is 3.03. The first-order valence-corrected chi connectivity index (χ1v) is 4.95. The fourth-order valence-corrected chi connectivity index (χ4v) is 2.28. The average Bonchev–Trinajstić information content (AvgIpc) is 2.52. The van der Waals surface area contributed by atoms with Crippen LogP contribution in [0.15, 0.2) is 18.5 Å². The van der Waals surface area contributed by atoms with Crippen LogP contribution in [0.3, 0.4) is 0 Å². The van der Waals surface area contributed by atoms with Crippen molar-refractivity contribution in [2.45, 2.75) is 38.1 Å². The molecule has 2 rings (SSSR count). The first-order valence-electron chi connectivity index (χ1n) is 4.95. The normalized spacial score (nSPS) is 27.8. The number of aryl methyl sites for hydroxylation is 1. The predicted molar refractivity (Wildman–Crippen MR) is 53.5 cm³/mol. The molecule has 0 aromatic carbocycles. The molecule has 2 nitrogen and oxygen atoms in total. The molecule has 1 aliphatic carbocycles. The average molecular weight is 176 g/mol. The SMILES string of the molecule is Cc1cnccc1C1CCCC1N. The summed E-state index contributed by atoms with van der Waals surface area (Å²) in [5, 5.41) is 0. The van der Waals surface area contributed by atoms with Crippen molar-refractivity contribution >= 4 is 0 Å². The summed E-state index contributed by atoms with van der Waals surface area (Å²) < 4.78 is 0. The van der Waals surface area contributed by atoms with E-state index in [1.54, 1.807) is 0 Å². The minimum Gasteiger partial charge on any atom is -0.327 e. The topological polar surface area (TPSA) is 38.9 Å². The van der Waals surface area contributed by atoms with Crippen molar-refractivity contribution in [2.24, 2.45) is 5.73 Å². The van der Waals surface area contributed by atoms with Crippen LogP contribution in [0, 0.1) is 6.92 Å². The second-order valence-electron chi connectivity index (χ2n) is 3.93. The highest BCUT2D eigenvalue weighted by molar-refractivity contribution is 5.28. The third kappa shape index (κ3) is 1.59. The van der Waals surface area contributed by atoms with Gasteiger partial charge in [0, 0.05) is 18.4 Å². The van der Waals surface area contributed by atoms with Gasteiger partial charge in [0.1, 0.15) is 0 Å². The zero-order valence-corrected chi connectivity index (χ0v) is 8.03. The fraction of sp³-hybridized carbons (Fsp3) is 0.545. The van der Waals surface area contributed by atoms with E-state index in [4.69, 9.17) is 5.73 Å². The van der Waals surface area contributed by atoms with Gasteiger partial charge in [-0.15, -0.1) is 0 Å². The molecule has 2 unspecified atom stereocenters. The lowest BCUT2D eigenvalue weighted by molar-refractivity contribution is 0.609. The highest BCUT2D eigenvalue weighted by Gasteiger charge is 2.26. The Morgan fingerprint density at radius 3 is 2.92 bits per heavy atom. The Balaban J connectivity index is 2.29. The highest BCUT2D eigenvalue weighted by atomic mass is 14.7. The molecule has 0 bridgehead atoms. The van der Waals surface area contributed by atoms with E-state index in [9.17, 15) is 0 Å². The summed E-state index contributed by atoms with van der Waals surface area (Å²) >= 11 is 0. The van der Waals surface area contributed by atoms with Crippen molar-refractivity contribution in [1.29, 1.82) is 0 Å². The molecule has 2 N–H and O–H groups in total. The van der Waals surface area contributed by atoms with Gasteiger partial charge in [0.2, 0.25) is 0 Å². The fourth-order valence-electron chi connectivity index (χ4n) is 2.28. The van der Waals surface area contributed by atoms with E-state index >= 15 is 0 Å². The molecule has 1 aromatic heterocycles. The Morgan fingerprint density at radius 2 is 2.31 bits per heavy atom. The molecule has 1 fully saturated rings. The van der Waals surface area contributed by atoms with Gasteiger partial charge in [0.05, 0.1) is 0 Å². The second-order valence-corrected chi connectivity index (χ2v) is 3.93. The molecule has 1 saturated carbocycles. The summed E-state index contributed by atoms with van der Waals surface area (Å²) in [7, 11) is 0. The largest absolute Gasteiger partial charge is 0.327 e. The summed E-state index contributed by atoms with van der Waals surface area (Å²) in [5.74, 6) is 0.572. The van der Waals surface area contributed by atoms with Crippen LogP contribution >= 0.6 is 0 Å². The van der Waals surface area contributed by atoms with Gasteiger partial charge in [-0.05, 0) is 42.9 Å². The van der Waals surface area contributed by atoms with Crippen molar-refractivity contribution in [3.63, 3.8) is 0 Å². The van der Waals surface area contributed by atoms with E-state index in [0.29, 0.717) is 12.0 Å². The Hall–Kier alpha value is -0.890. The number of hydrogen-bond donors (Lipinski definition) is 1. The molecular weight excluding hydrogens is 160 g/mol. The maximum atomic E-state index is 6.06. The smallest absolute Gasteiger partial charge is 0.0299 e. The Kier molecular flexibility index (Phi) is 2.32. The monoisotopic (exact) mass is 176 g/mol. The number of aromatic nitrogens is 1. The van der Waals surface area contributed by atoms with Crippen molar-refractivity contribution in [1.82, 2.24) is 4.98 Å². The van der Waals surface area contributed by atoms with Gasteiger partial charge in [-0.3, -0.25) is 4.98 Å². The number of nitrogens with zero attached hydrogens (tertiary/aromatic N) is 1. The number of nitrogens with two attached hydrogens (primary N) is 1. The van der Waals surface area contributed by atoms with E-state index in [1.165, 1.54) is 30.4 Å². The van der Waals surface area contributed by atoms with Crippen LogP contribution in [0.5, 0.6) is 0 Å². The standard InChI is InChI=1S/C11H16N2/c1-8-7-13-6-5-9(8)10-3-2-4-11(10)12/h5-7,10-11H,2-4,12H2,1H3. The van der Waals surface area contributed by atoms with Crippen LogP contribution in [0.4, 0.5) is 0 Å². The number of rotatable bonds is 1. The molecule has 0 saturated heterocycles. The van der Waals surface area contributed by atoms with Crippen LogP contribution in [-0.2, 0) is 0 Å². The summed E-state index contributed by atoms with van der Waals surface area (Å²) in [5.41, 5.74) is 8.74. The van der Waals surface area contributed by atoms with Crippen molar-refractivity contribution in [2.75, 3.05) is 0 Å². The van der Waals surface area contributed by atoms with Gasteiger partial charge >= 0.3 is 0 Å². The molecule has 2 atom stereocenters. The van der Waals surface area contributed by atoms with Gasteiger partial charge in [0.15, 0.2) is 0 Å². The molecule has 0 amide bonds. The highest BCUT2D eigenvalue weighted by Crippen LogP contribution is 2.34. The van der Waals surface area contributed by atoms with Gasteiger partial charge in [-0.2, -0.15) is 0 Å². The van der Waals surface area contributed by atoms with Crippen LogP contribution in [0.1, 0.15) is 36.3 Å². The lowest BCUT2D eigenvalue weighted by atomic mass is 9.92. The lowest BCUT2D eigenvalue weighted by Gasteiger charge is -2.17. The van der Waals surface area contributed by atoms with Crippen molar-refractivity contribution < 1.29 is 0 Å². The minimum absolute atomic E-state index is 0.362. The molecule has 0 spiro atoms. The molecule has 70 valence electrons. The van der Waals surface area contributed by atoms with Gasteiger partial charge < -0.3 is 5.73 Å². The first kappa shape index (κ1) is 8.70. The molecule has 1 aliphatic rings. The Morgan fingerprint density at radius 1 is 1.46 bits per heavy atom. The predicted octanol–water partition coefficient (Wildman–Crippen LogP) is 1.98. The zero-order chi connectivity index (χ0) is 9.26. The number of pyridine rings is 1. The first-order chi connectivity index (χ1) is 6.29. The van der Waals surface area contributed by atoms with Crippen LogP contribution in [-0.4, -0.2) is 11.0 Å². The summed E-state index contributed by atoms with van der Waals surface area (Å²) in [6.45, 7) is 2.12. The maximum Gasteiger partial charge on any atom is 0.0299 e. The molecular formula is C11H16N2. The molecule has 0 aliphatic heterocycles.